The number of nitrogens with two attached hydrogens (primary N) is 2. The van der Waals surface area contributed by atoms with E-state index in [9.17, 15) is 14.4 Å². The van der Waals surface area contributed by atoms with E-state index >= 15 is 0 Å². The predicted molar refractivity (Wildman–Crippen MR) is 150 cm³/mol. The Morgan fingerprint density at radius 2 is 1.98 bits per heavy atom. The lowest BCUT2D eigenvalue weighted by atomic mass is 10.0. The van der Waals surface area contributed by atoms with Crippen LogP contribution in [0.3, 0.4) is 0 Å². The number of rotatable bonds is 12. The molecular weight excluding hydrogens is 534 g/mol. The van der Waals surface area contributed by atoms with Crippen molar-refractivity contribution in [2.45, 2.75) is 38.5 Å². The minimum Gasteiger partial charge on any atom is -0.497 e. The number of nitrogen functional groups attached to an aromatic ring is 1. The van der Waals surface area contributed by atoms with Gasteiger partial charge in [-0.05, 0) is 66.7 Å². The summed E-state index contributed by atoms with van der Waals surface area (Å²) in [6.07, 6.45) is 1.67. The normalized spacial score (nSPS) is 15.3. The topological polar surface area (TPSA) is 159 Å². The molecule has 1 fully saturated rings. The minimum absolute atomic E-state index is 0.0135. The molecule has 212 valence electrons. The third-order valence-corrected chi connectivity index (χ3v) is 7.35. The molecule has 1 aromatic heterocycles. The van der Waals surface area contributed by atoms with Gasteiger partial charge in [0.25, 0.3) is 11.8 Å². The van der Waals surface area contributed by atoms with Crippen molar-refractivity contribution in [3.8, 4) is 11.5 Å². The molecule has 0 aliphatic carbocycles. The molecule has 0 unspecified atom stereocenters. The van der Waals surface area contributed by atoms with E-state index < -0.39 is 23.8 Å². The third-order valence-electron chi connectivity index (χ3n) is 6.50. The number of amides is 3. The van der Waals surface area contributed by atoms with E-state index in [2.05, 4.69) is 9.69 Å². The molecule has 0 saturated carbocycles. The van der Waals surface area contributed by atoms with Crippen LogP contribution in [0.2, 0.25) is 0 Å². The first-order valence-corrected chi connectivity index (χ1v) is 13.7. The lowest BCUT2D eigenvalue weighted by molar-refractivity contribution is -0.126. The number of hydrogen-bond acceptors (Lipinski definition) is 9. The summed E-state index contributed by atoms with van der Waals surface area (Å²) in [5, 5.41) is 2.96. The highest BCUT2D eigenvalue weighted by molar-refractivity contribution is 7.09. The fourth-order valence-electron chi connectivity index (χ4n) is 4.51. The number of ether oxygens (including phenoxy) is 3. The van der Waals surface area contributed by atoms with E-state index in [1.165, 1.54) is 4.90 Å². The van der Waals surface area contributed by atoms with Gasteiger partial charge in [-0.3, -0.25) is 14.4 Å². The maximum atomic E-state index is 14.1. The molecule has 1 aliphatic rings. The van der Waals surface area contributed by atoms with Gasteiger partial charge in [0.05, 0.1) is 25.5 Å². The van der Waals surface area contributed by atoms with Crippen molar-refractivity contribution in [1.29, 1.82) is 0 Å². The number of anilines is 1. The Hall–Kier alpha value is -4.16. The Labute approximate surface area is 236 Å². The SMILES string of the molecule is CCOc1ccc([C@H](C(=O)NC[C@H]2CCCO2)N(Cc2cccc(OC)c2)C(=O)c2snc(C(N)=O)c2N)cc1. The molecule has 3 aromatic rings. The van der Waals surface area contributed by atoms with Gasteiger partial charge < -0.3 is 35.9 Å². The average Bonchev–Trinajstić information content (AvgIpc) is 3.62. The van der Waals surface area contributed by atoms with Crippen LogP contribution < -0.4 is 26.3 Å². The average molecular weight is 568 g/mol. The van der Waals surface area contributed by atoms with Crippen molar-refractivity contribution in [3.05, 3.63) is 70.2 Å². The number of methoxy groups -OCH3 is 1. The first-order chi connectivity index (χ1) is 19.3. The maximum Gasteiger partial charge on any atom is 0.270 e. The maximum absolute atomic E-state index is 14.1. The Bertz CT molecular complexity index is 1340. The number of carbonyl (C=O) groups is 3. The highest BCUT2D eigenvalue weighted by Gasteiger charge is 2.35. The van der Waals surface area contributed by atoms with Crippen molar-refractivity contribution >= 4 is 34.9 Å². The molecule has 11 nitrogen and oxygen atoms in total. The number of nitrogens with zero attached hydrogens (tertiary/aromatic N) is 2. The number of aromatic nitrogens is 1. The van der Waals surface area contributed by atoms with Crippen molar-refractivity contribution in [2.75, 3.05) is 32.6 Å². The van der Waals surface area contributed by atoms with E-state index in [-0.39, 0.29) is 28.9 Å². The summed E-state index contributed by atoms with van der Waals surface area (Å²) in [5.74, 6) is -0.581. The van der Waals surface area contributed by atoms with Crippen LogP contribution in [0.25, 0.3) is 0 Å². The summed E-state index contributed by atoms with van der Waals surface area (Å²) >= 11 is 0.763. The summed E-state index contributed by atoms with van der Waals surface area (Å²) in [5.41, 5.74) is 12.5. The highest BCUT2D eigenvalue weighted by Crippen LogP contribution is 2.31. The van der Waals surface area contributed by atoms with Crippen molar-refractivity contribution in [1.82, 2.24) is 14.6 Å². The second-order valence-electron chi connectivity index (χ2n) is 9.21. The lowest BCUT2D eigenvalue weighted by Gasteiger charge is -2.32. The molecule has 2 atom stereocenters. The fourth-order valence-corrected chi connectivity index (χ4v) is 5.27. The van der Waals surface area contributed by atoms with Gasteiger partial charge in [0.1, 0.15) is 22.4 Å². The van der Waals surface area contributed by atoms with E-state index in [1.54, 1.807) is 49.6 Å². The summed E-state index contributed by atoms with van der Waals surface area (Å²) in [7, 11) is 1.55. The summed E-state index contributed by atoms with van der Waals surface area (Å²) in [4.78, 5) is 41.2. The molecule has 40 heavy (non-hydrogen) atoms. The molecule has 0 spiro atoms. The quantitative estimate of drug-likeness (QED) is 0.301. The summed E-state index contributed by atoms with van der Waals surface area (Å²) < 4.78 is 20.6. The van der Waals surface area contributed by atoms with Gasteiger partial charge in [0.15, 0.2) is 5.69 Å². The number of carbonyl (C=O) groups excluding carboxylic acids is 3. The number of hydrogen-bond donors (Lipinski definition) is 3. The van der Waals surface area contributed by atoms with E-state index in [0.29, 0.717) is 42.4 Å². The standard InChI is InChI=1S/C28H33N5O6S/c1-3-38-19-11-9-18(10-12-19)24(27(35)31-15-21-8-5-13-39-21)33(16-17-6-4-7-20(14-17)37-2)28(36)25-22(29)23(26(30)34)32-40-25/h4,6-7,9-12,14,21,24H,3,5,8,13,15-16,29H2,1-2H3,(H2,30,34)(H,31,35)/t21-,24-/m1/s1. The summed E-state index contributed by atoms with van der Waals surface area (Å²) in [6.45, 7) is 3.35. The van der Waals surface area contributed by atoms with Crippen LogP contribution in [0.1, 0.15) is 57.1 Å². The number of primary amides is 1. The number of nitrogens with one attached hydrogen (secondary N) is 1. The molecule has 0 radical (unpaired) electrons. The smallest absolute Gasteiger partial charge is 0.270 e. The molecule has 0 bridgehead atoms. The second-order valence-corrected chi connectivity index (χ2v) is 9.98. The van der Waals surface area contributed by atoms with Gasteiger partial charge >= 0.3 is 0 Å². The Morgan fingerprint density at radius 1 is 1.20 bits per heavy atom. The van der Waals surface area contributed by atoms with Gasteiger partial charge in [-0.25, -0.2) is 0 Å². The molecular formula is C28H33N5O6S. The van der Waals surface area contributed by atoms with Gasteiger partial charge in [-0.1, -0.05) is 24.3 Å². The first kappa shape index (κ1) is 28.8. The first-order valence-electron chi connectivity index (χ1n) is 12.9. The molecule has 1 saturated heterocycles. The van der Waals surface area contributed by atoms with Crippen LogP contribution in [-0.2, 0) is 16.1 Å². The third kappa shape index (κ3) is 6.69. The molecule has 1 aliphatic heterocycles. The molecule has 3 amide bonds. The van der Waals surface area contributed by atoms with Crippen molar-refractivity contribution < 1.29 is 28.6 Å². The van der Waals surface area contributed by atoms with Crippen LogP contribution in [0.4, 0.5) is 5.69 Å². The monoisotopic (exact) mass is 567 g/mol. The van der Waals surface area contributed by atoms with Gasteiger partial charge in [0.2, 0.25) is 5.91 Å². The Balaban J connectivity index is 1.77. The van der Waals surface area contributed by atoms with E-state index in [4.69, 9.17) is 25.7 Å². The van der Waals surface area contributed by atoms with E-state index in [1.807, 2.05) is 13.0 Å². The zero-order valence-corrected chi connectivity index (χ0v) is 23.2. The zero-order chi connectivity index (χ0) is 28.6. The van der Waals surface area contributed by atoms with Gasteiger partial charge in [-0.2, -0.15) is 4.37 Å². The highest BCUT2D eigenvalue weighted by atomic mass is 32.1. The summed E-state index contributed by atoms with van der Waals surface area (Å²) in [6, 6.07) is 13.1. The van der Waals surface area contributed by atoms with Crippen LogP contribution in [0.5, 0.6) is 11.5 Å². The van der Waals surface area contributed by atoms with Gasteiger partial charge in [0, 0.05) is 19.7 Å². The Kier molecular flexibility index (Phi) is 9.56. The Morgan fingerprint density at radius 3 is 2.60 bits per heavy atom. The minimum atomic E-state index is -1.06. The fraction of sp³-hybridized carbons (Fsp3) is 0.357. The van der Waals surface area contributed by atoms with Crippen LogP contribution >= 0.6 is 11.5 Å². The molecule has 12 heteroatoms. The van der Waals surface area contributed by atoms with Crippen molar-refractivity contribution in [2.24, 2.45) is 5.73 Å². The molecule has 2 aromatic carbocycles. The number of benzene rings is 2. The van der Waals surface area contributed by atoms with Crippen LogP contribution in [0, 0.1) is 0 Å². The molecule has 5 N–H and O–H groups in total. The van der Waals surface area contributed by atoms with Crippen LogP contribution in [-0.4, -0.2) is 60.0 Å². The van der Waals surface area contributed by atoms with Gasteiger partial charge in [-0.15, -0.1) is 0 Å². The largest absolute Gasteiger partial charge is 0.497 e. The molecule has 2 heterocycles. The zero-order valence-electron chi connectivity index (χ0n) is 22.4. The lowest BCUT2D eigenvalue weighted by Crippen LogP contribution is -2.45. The van der Waals surface area contributed by atoms with Crippen LogP contribution in [0.15, 0.2) is 48.5 Å². The second kappa shape index (κ2) is 13.3. The predicted octanol–water partition coefficient (Wildman–Crippen LogP) is 2.91. The molecule has 4 rings (SSSR count). The van der Waals surface area contributed by atoms with Crippen molar-refractivity contribution in [3.63, 3.8) is 0 Å². The van der Waals surface area contributed by atoms with E-state index in [0.717, 1.165) is 24.4 Å².